The Hall–Kier alpha value is -0.540. The number of fused-ring (bicyclic) bond motifs is 2. The molecule has 0 aromatic heterocycles. The summed E-state index contributed by atoms with van der Waals surface area (Å²) in [5.74, 6) is 3.77. The molecule has 2 aliphatic rings. The van der Waals surface area contributed by atoms with Crippen LogP contribution in [-0.4, -0.2) is 12.6 Å². The molecule has 1 N–H and O–H groups in total. The molecule has 3 atom stereocenters. The fourth-order valence-electron chi connectivity index (χ4n) is 3.92. The zero-order chi connectivity index (χ0) is 14.8. The van der Waals surface area contributed by atoms with Crippen LogP contribution in [0.15, 0.2) is 22.7 Å². The van der Waals surface area contributed by atoms with Crippen LogP contribution in [0.2, 0.25) is 0 Å². The van der Waals surface area contributed by atoms with Crippen molar-refractivity contribution in [1.82, 2.24) is 5.32 Å². The molecule has 1 aromatic rings. The van der Waals surface area contributed by atoms with Crippen molar-refractivity contribution < 1.29 is 4.74 Å². The predicted molar refractivity (Wildman–Crippen MR) is 90.6 cm³/mol. The zero-order valence-corrected chi connectivity index (χ0v) is 14.7. The summed E-state index contributed by atoms with van der Waals surface area (Å²) in [5, 5.41) is 3.48. The van der Waals surface area contributed by atoms with Crippen LogP contribution in [0.25, 0.3) is 0 Å². The third-order valence-corrected chi connectivity index (χ3v) is 5.55. The van der Waals surface area contributed by atoms with Crippen LogP contribution in [0.4, 0.5) is 0 Å². The van der Waals surface area contributed by atoms with Crippen molar-refractivity contribution in [3.05, 3.63) is 28.2 Å². The lowest BCUT2D eigenvalue weighted by molar-refractivity contribution is 0.193. The topological polar surface area (TPSA) is 21.3 Å². The molecule has 0 amide bonds. The Morgan fingerprint density at radius 2 is 2.14 bits per heavy atom. The minimum atomic E-state index is 0.488. The predicted octanol–water partition coefficient (Wildman–Crippen LogP) is 4.76. The highest BCUT2D eigenvalue weighted by Gasteiger charge is 2.39. The van der Waals surface area contributed by atoms with E-state index in [1.165, 1.54) is 31.2 Å². The molecule has 0 radical (unpaired) electrons. The molecule has 2 saturated carbocycles. The first-order valence-corrected chi connectivity index (χ1v) is 9.05. The van der Waals surface area contributed by atoms with E-state index in [0.29, 0.717) is 6.04 Å². The Morgan fingerprint density at radius 3 is 2.81 bits per heavy atom. The molecular formula is C18H26BrNO. The van der Waals surface area contributed by atoms with E-state index in [9.17, 15) is 0 Å². The van der Waals surface area contributed by atoms with Gasteiger partial charge in [-0.2, -0.15) is 0 Å². The molecule has 116 valence electrons. The summed E-state index contributed by atoms with van der Waals surface area (Å²) < 4.78 is 7.32. The molecule has 2 nitrogen and oxygen atoms in total. The van der Waals surface area contributed by atoms with Crippen LogP contribution in [-0.2, 0) is 6.54 Å². The molecule has 0 saturated heterocycles. The lowest BCUT2D eigenvalue weighted by Crippen LogP contribution is -2.23. The monoisotopic (exact) mass is 351 g/mol. The summed E-state index contributed by atoms with van der Waals surface area (Å²) >= 11 is 3.56. The van der Waals surface area contributed by atoms with Crippen molar-refractivity contribution in [1.29, 1.82) is 0 Å². The number of hydrogen-bond acceptors (Lipinski definition) is 2. The fraction of sp³-hybridized carbons (Fsp3) is 0.667. The molecule has 0 spiro atoms. The van der Waals surface area contributed by atoms with Gasteiger partial charge in [-0.25, -0.2) is 0 Å². The molecular weight excluding hydrogens is 326 g/mol. The number of hydrogen-bond donors (Lipinski definition) is 1. The van der Waals surface area contributed by atoms with E-state index >= 15 is 0 Å². The van der Waals surface area contributed by atoms with Gasteiger partial charge in [-0.05, 0) is 55.2 Å². The smallest absolute Gasteiger partial charge is 0.123 e. The van der Waals surface area contributed by atoms with Crippen molar-refractivity contribution in [3.8, 4) is 5.75 Å². The summed E-state index contributed by atoms with van der Waals surface area (Å²) in [5.41, 5.74) is 1.25. The van der Waals surface area contributed by atoms with Crippen molar-refractivity contribution in [3.63, 3.8) is 0 Å². The van der Waals surface area contributed by atoms with E-state index in [0.717, 1.165) is 41.1 Å². The third-order valence-electron chi connectivity index (χ3n) is 5.06. The van der Waals surface area contributed by atoms with Gasteiger partial charge in [0.15, 0.2) is 0 Å². The molecule has 3 unspecified atom stereocenters. The standard InChI is InChI=1S/C18H26BrNO/c1-12(2)20-10-15-9-17(19)5-6-18(15)21-11-16-8-13-3-4-14(16)7-13/h5-6,9,12-14,16,20H,3-4,7-8,10-11H2,1-2H3. The van der Waals surface area contributed by atoms with Gasteiger partial charge in [-0.3, -0.25) is 0 Å². The average Bonchev–Trinajstić information content (AvgIpc) is 3.06. The van der Waals surface area contributed by atoms with E-state index in [1.54, 1.807) is 0 Å². The van der Waals surface area contributed by atoms with Gasteiger partial charge in [0, 0.05) is 22.6 Å². The number of ether oxygens (including phenoxy) is 1. The Bertz CT molecular complexity index is 488. The lowest BCUT2D eigenvalue weighted by Gasteiger charge is -2.23. The lowest BCUT2D eigenvalue weighted by atomic mass is 9.89. The molecule has 3 rings (SSSR count). The minimum Gasteiger partial charge on any atom is -0.493 e. The fourth-order valence-corrected chi connectivity index (χ4v) is 4.33. The van der Waals surface area contributed by atoms with Gasteiger partial charge in [0.1, 0.15) is 5.75 Å². The maximum Gasteiger partial charge on any atom is 0.123 e. The van der Waals surface area contributed by atoms with Crippen LogP contribution in [0, 0.1) is 17.8 Å². The van der Waals surface area contributed by atoms with Gasteiger partial charge in [0.05, 0.1) is 6.61 Å². The molecule has 2 aliphatic carbocycles. The van der Waals surface area contributed by atoms with Gasteiger partial charge < -0.3 is 10.1 Å². The number of nitrogens with one attached hydrogen (secondary N) is 1. The summed E-state index contributed by atoms with van der Waals surface area (Å²) in [4.78, 5) is 0. The van der Waals surface area contributed by atoms with Crippen LogP contribution in [0.1, 0.15) is 45.1 Å². The van der Waals surface area contributed by atoms with Crippen molar-refractivity contribution >= 4 is 15.9 Å². The second kappa shape index (κ2) is 6.70. The first-order chi connectivity index (χ1) is 10.1. The van der Waals surface area contributed by atoms with E-state index < -0.39 is 0 Å². The first kappa shape index (κ1) is 15.4. The number of benzene rings is 1. The van der Waals surface area contributed by atoms with E-state index in [-0.39, 0.29) is 0 Å². The second-order valence-corrected chi connectivity index (χ2v) is 7.95. The van der Waals surface area contributed by atoms with E-state index in [4.69, 9.17) is 4.74 Å². The van der Waals surface area contributed by atoms with Gasteiger partial charge in [0.25, 0.3) is 0 Å². The molecule has 2 fully saturated rings. The SMILES string of the molecule is CC(C)NCc1cc(Br)ccc1OCC1CC2CCC1C2. The zero-order valence-electron chi connectivity index (χ0n) is 13.1. The molecule has 2 bridgehead atoms. The number of halogens is 1. The maximum atomic E-state index is 6.20. The van der Waals surface area contributed by atoms with Gasteiger partial charge in [-0.1, -0.05) is 36.2 Å². The quantitative estimate of drug-likeness (QED) is 0.797. The van der Waals surface area contributed by atoms with E-state index in [2.05, 4.69) is 53.3 Å². The summed E-state index contributed by atoms with van der Waals surface area (Å²) in [6.45, 7) is 6.11. The molecule has 21 heavy (non-hydrogen) atoms. The van der Waals surface area contributed by atoms with Crippen LogP contribution in [0.5, 0.6) is 5.75 Å². The Balaban J connectivity index is 1.61. The molecule has 0 aliphatic heterocycles. The third kappa shape index (κ3) is 3.81. The van der Waals surface area contributed by atoms with Crippen molar-refractivity contribution in [2.75, 3.05) is 6.61 Å². The van der Waals surface area contributed by atoms with Gasteiger partial charge in [0.2, 0.25) is 0 Å². The Morgan fingerprint density at radius 1 is 1.29 bits per heavy atom. The van der Waals surface area contributed by atoms with Crippen LogP contribution < -0.4 is 10.1 Å². The van der Waals surface area contributed by atoms with Crippen molar-refractivity contribution in [2.45, 2.75) is 52.1 Å². The summed E-state index contributed by atoms with van der Waals surface area (Å²) in [6.07, 6.45) is 5.74. The highest BCUT2D eigenvalue weighted by Crippen LogP contribution is 2.48. The minimum absolute atomic E-state index is 0.488. The summed E-state index contributed by atoms with van der Waals surface area (Å²) in [6, 6.07) is 6.84. The van der Waals surface area contributed by atoms with E-state index in [1.807, 2.05) is 0 Å². The first-order valence-electron chi connectivity index (χ1n) is 8.26. The number of rotatable bonds is 6. The molecule has 3 heteroatoms. The second-order valence-electron chi connectivity index (χ2n) is 7.03. The summed E-state index contributed by atoms with van der Waals surface area (Å²) in [7, 11) is 0. The van der Waals surface area contributed by atoms with Crippen LogP contribution in [0.3, 0.4) is 0 Å². The maximum absolute atomic E-state index is 6.20. The highest BCUT2D eigenvalue weighted by molar-refractivity contribution is 9.10. The largest absolute Gasteiger partial charge is 0.493 e. The van der Waals surface area contributed by atoms with Crippen molar-refractivity contribution in [2.24, 2.45) is 17.8 Å². The normalized spacial score (nSPS) is 27.5. The molecule has 0 heterocycles. The van der Waals surface area contributed by atoms with Gasteiger partial charge in [-0.15, -0.1) is 0 Å². The van der Waals surface area contributed by atoms with Crippen LogP contribution >= 0.6 is 15.9 Å². The van der Waals surface area contributed by atoms with Gasteiger partial charge >= 0.3 is 0 Å². The Kier molecular flexibility index (Phi) is 4.90. The Labute approximate surface area is 136 Å². The molecule has 1 aromatic carbocycles. The highest BCUT2D eigenvalue weighted by atomic mass is 79.9. The average molecular weight is 352 g/mol.